The number of hydrogen-bond acceptors (Lipinski definition) is 4. The van der Waals surface area contributed by atoms with Gasteiger partial charge >= 0.3 is 0 Å². The molecule has 2 aromatic carbocycles. The molecule has 7 heteroatoms. The maximum atomic E-state index is 13.3. The van der Waals surface area contributed by atoms with Gasteiger partial charge in [-0.05, 0) is 50.1 Å². The molecule has 0 aromatic heterocycles. The zero-order valence-corrected chi connectivity index (χ0v) is 18.4. The van der Waals surface area contributed by atoms with E-state index in [4.69, 9.17) is 21.1 Å². The number of amides is 2. The molecule has 0 radical (unpaired) electrons. The zero-order valence-electron chi connectivity index (χ0n) is 17.7. The Morgan fingerprint density at radius 3 is 2.68 bits per heavy atom. The summed E-state index contributed by atoms with van der Waals surface area (Å²) >= 11 is 5.94. The van der Waals surface area contributed by atoms with Crippen LogP contribution in [0.2, 0.25) is 5.02 Å². The van der Waals surface area contributed by atoms with Gasteiger partial charge in [0.2, 0.25) is 5.91 Å². The van der Waals surface area contributed by atoms with Crippen molar-refractivity contribution in [2.75, 3.05) is 32.8 Å². The summed E-state index contributed by atoms with van der Waals surface area (Å²) in [6.45, 7) is 5.16. The van der Waals surface area contributed by atoms with Crippen molar-refractivity contribution in [3.63, 3.8) is 0 Å². The highest BCUT2D eigenvalue weighted by atomic mass is 35.5. The molecule has 0 bridgehead atoms. The molecular weight excluding hydrogens is 416 g/mol. The number of benzene rings is 2. The molecule has 2 heterocycles. The number of carbonyl (C=O) groups excluding carboxylic acids is 2. The minimum Gasteiger partial charge on any atom is -0.486 e. The van der Waals surface area contributed by atoms with Gasteiger partial charge < -0.3 is 19.3 Å². The van der Waals surface area contributed by atoms with Gasteiger partial charge in [-0.3, -0.25) is 9.59 Å². The average Bonchev–Trinajstić information content (AvgIpc) is 2.82. The number of para-hydroxylation sites is 1. The zero-order chi connectivity index (χ0) is 21.8. The Balaban J connectivity index is 1.45. The van der Waals surface area contributed by atoms with Gasteiger partial charge in [0.1, 0.15) is 13.2 Å². The average molecular weight is 443 g/mol. The topological polar surface area (TPSA) is 59.1 Å². The molecule has 0 aliphatic carbocycles. The fourth-order valence-corrected chi connectivity index (χ4v) is 4.33. The van der Waals surface area contributed by atoms with Crippen LogP contribution in [0.4, 0.5) is 0 Å². The maximum absolute atomic E-state index is 13.3. The van der Waals surface area contributed by atoms with Crippen molar-refractivity contribution in [3.8, 4) is 11.5 Å². The first kappa shape index (κ1) is 21.5. The van der Waals surface area contributed by atoms with Crippen LogP contribution in [-0.4, -0.2) is 54.5 Å². The number of piperidine rings is 1. The highest BCUT2D eigenvalue weighted by Gasteiger charge is 2.32. The van der Waals surface area contributed by atoms with E-state index in [1.807, 2.05) is 30.0 Å². The Morgan fingerprint density at radius 1 is 1.13 bits per heavy atom. The van der Waals surface area contributed by atoms with Gasteiger partial charge in [0.25, 0.3) is 5.91 Å². The first-order valence-corrected chi connectivity index (χ1v) is 11.2. The summed E-state index contributed by atoms with van der Waals surface area (Å²) in [5.74, 6) is 1.26. The third kappa shape index (κ3) is 4.79. The Bertz CT molecular complexity index is 947. The normalized spacial score (nSPS) is 17.9. The Hall–Kier alpha value is -2.73. The molecule has 6 nitrogen and oxygen atoms in total. The Kier molecular flexibility index (Phi) is 6.66. The van der Waals surface area contributed by atoms with E-state index < -0.39 is 0 Å². The number of fused-ring (bicyclic) bond motifs is 1. The molecule has 4 rings (SSSR count). The van der Waals surface area contributed by atoms with Gasteiger partial charge in [-0.25, -0.2) is 0 Å². The quantitative estimate of drug-likeness (QED) is 0.702. The van der Waals surface area contributed by atoms with Crippen molar-refractivity contribution in [2.45, 2.75) is 26.3 Å². The summed E-state index contributed by atoms with van der Waals surface area (Å²) in [5.41, 5.74) is 1.54. The van der Waals surface area contributed by atoms with Gasteiger partial charge in [0.05, 0.1) is 5.92 Å². The van der Waals surface area contributed by atoms with E-state index in [2.05, 4.69) is 0 Å². The first-order valence-electron chi connectivity index (χ1n) is 10.8. The van der Waals surface area contributed by atoms with E-state index in [9.17, 15) is 9.59 Å². The lowest BCUT2D eigenvalue weighted by Gasteiger charge is -2.35. The molecule has 2 amide bonds. The fourth-order valence-electron chi connectivity index (χ4n) is 4.21. The van der Waals surface area contributed by atoms with Gasteiger partial charge in [0, 0.05) is 42.3 Å². The number of halogens is 1. The van der Waals surface area contributed by atoms with Crippen LogP contribution in [0.1, 0.15) is 35.7 Å². The van der Waals surface area contributed by atoms with E-state index in [0.29, 0.717) is 50.0 Å². The van der Waals surface area contributed by atoms with Crippen molar-refractivity contribution in [2.24, 2.45) is 5.92 Å². The van der Waals surface area contributed by atoms with Crippen molar-refractivity contribution in [1.82, 2.24) is 9.80 Å². The number of nitrogens with zero attached hydrogens (tertiary/aromatic N) is 2. The summed E-state index contributed by atoms with van der Waals surface area (Å²) in [6.07, 6.45) is 1.59. The third-order valence-electron chi connectivity index (χ3n) is 5.85. The highest BCUT2D eigenvalue weighted by molar-refractivity contribution is 6.30. The predicted molar refractivity (Wildman–Crippen MR) is 119 cm³/mol. The van der Waals surface area contributed by atoms with E-state index in [1.54, 1.807) is 29.2 Å². The van der Waals surface area contributed by atoms with Crippen LogP contribution < -0.4 is 9.47 Å². The van der Waals surface area contributed by atoms with Crippen LogP contribution in [0.3, 0.4) is 0 Å². The molecular formula is C24H27ClN2O4. The summed E-state index contributed by atoms with van der Waals surface area (Å²) in [7, 11) is 0. The molecule has 1 atom stereocenters. The molecule has 0 N–H and O–H groups in total. The number of carbonyl (C=O) groups is 2. The Morgan fingerprint density at radius 2 is 1.90 bits per heavy atom. The van der Waals surface area contributed by atoms with E-state index >= 15 is 0 Å². The van der Waals surface area contributed by atoms with E-state index in [-0.39, 0.29) is 17.7 Å². The third-order valence-corrected chi connectivity index (χ3v) is 6.10. The van der Waals surface area contributed by atoms with Crippen molar-refractivity contribution in [3.05, 3.63) is 58.6 Å². The lowest BCUT2D eigenvalue weighted by molar-refractivity contribution is -0.137. The van der Waals surface area contributed by atoms with Crippen molar-refractivity contribution < 1.29 is 19.1 Å². The minimum absolute atomic E-state index is 0.0557. The van der Waals surface area contributed by atoms with E-state index in [0.717, 1.165) is 29.9 Å². The van der Waals surface area contributed by atoms with Crippen LogP contribution in [0.25, 0.3) is 0 Å². The smallest absolute Gasteiger partial charge is 0.253 e. The van der Waals surface area contributed by atoms with Crippen LogP contribution in [-0.2, 0) is 11.3 Å². The minimum atomic E-state index is -0.207. The summed E-state index contributed by atoms with van der Waals surface area (Å²) < 4.78 is 11.5. The second-order valence-electron chi connectivity index (χ2n) is 7.89. The maximum Gasteiger partial charge on any atom is 0.253 e. The van der Waals surface area contributed by atoms with Crippen LogP contribution >= 0.6 is 11.6 Å². The lowest BCUT2D eigenvalue weighted by Crippen LogP contribution is -2.46. The summed E-state index contributed by atoms with van der Waals surface area (Å²) in [6, 6.07) is 12.7. The first-order chi connectivity index (χ1) is 15.1. The van der Waals surface area contributed by atoms with Crippen molar-refractivity contribution >= 4 is 23.4 Å². The van der Waals surface area contributed by atoms with Gasteiger partial charge in [0.15, 0.2) is 11.5 Å². The van der Waals surface area contributed by atoms with Gasteiger partial charge in [-0.1, -0.05) is 23.7 Å². The summed E-state index contributed by atoms with van der Waals surface area (Å²) in [4.78, 5) is 29.9. The molecule has 164 valence electrons. The van der Waals surface area contributed by atoms with Crippen LogP contribution in [0.5, 0.6) is 11.5 Å². The van der Waals surface area contributed by atoms with E-state index in [1.165, 1.54) is 0 Å². The second kappa shape index (κ2) is 9.60. The molecule has 1 unspecified atom stereocenters. The predicted octanol–water partition coefficient (Wildman–Crippen LogP) is 4.01. The molecule has 1 saturated heterocycles. The standard InChI is InChI=1S/C24H27ClN2O4/c1-2-26(15-18-5-3-7-21-22(18)31-14-13-30-21)24(29)19-6-4-12-27(16-19)23(28)17-8-10-20(25)11-9-17/h3,5,7-11,19H,2,4,6,12-16H2,1H3. The number of ether oxygens (including phenoxy) is 2. The SMILES string of the molecule is CCN(Cc1cccc2c1OCCO2)C(=O)C1CCCN(C(=O)c2ccc(Cl)cc2)C1. The van der Waals surface area contributed by atoms with Crippen LogP contribution in [0.15, 0.2) is 42.5 Å². The Labute approximate surface area is 187 Å². The second-order valence-corrected chi connectivity index (χ2v) is 8.33. The molecule has 31 heavy (non-hydrogen) atoms. The highest BCUT2D eigenvalue weighted by Crippen LogP contribution is 2.34. The largest absolute Gasteiger partial charge is 0.486 e. The molecule has 2 aliphatic heterocycles. The summed E-state index contributed by atoms with van der Waals surface area (Å²) in [5, 5.41) is 0.597. The monoisotopic (exact) mass is 442 g/mol. The number of likely N-dealkylation sites (tertiary alicyclic amines) is 1. The molecule has 2 aromatic rings. The molecule has 0 saturated carbocycles. The number of hydrogen-bond donors (Lipinski definition) is 0. The van der Waals surface area contributed by atoms with Gasteiger partial charge in [-0.2, -0.15) is 0 Å². The van der Waals surface area contributed by atoms with Crippen LogP contribution in [0, 0.1) is 5.92 Å². The molecule has 1 fully saturated rings. The lowest BCUT2D eigenvalue weighted by atomic mass is 9.95. The van der Waals surface area contributed by atoms with Crippen molar-refractivity contribution in [1.29, 1.82) is 0 Å². The van der Waals surface area contributed by atoms with Gasteiger partial charge in [-0.15, -0.1) is 0 Å². The fraction of sp³-hybridized carbons (Fsp3) is 0.417. The molecule has 0 spiro atoms. The molecule has 2 aliphatic rings. The number of rotatable bonds is 5.